The molecule has 112 valence electrons. The van der Waals surface area contributed by atoms with Crippen molar-refractivity contribution in [3.8, 4) is 0 Å². The third kappa shape index (κ3) is 3.16. The van der Waals surface area contributed by atoms with Crippen molar-refractivity contribution in [3.05, 3.63) is 47.5 Å². The lowest BCUT2D eigenvalue weighted by atomic mass is 9.85. The van der Waals surface area contributed by atoms with Crippen LogP contribution >= 0.6 is 0 Å². The van der Waals surface area contributed by atoms with Gasteiger partial charge in [0, 0.05) is 24.9 Å². The van der Waals surface area contributed by atoms with Crippen molar-refractivity contribution in [2.24, 2.45) is 0 Å². The second-order valence-corrected chi connectivity index (χ2v) is 6.49. The standard InChI is InChI=1S/C17H24N4/c1-17(2,14-8-4-3-5-9-14)13-18-12-16-20-19-15-10-6-7-11-21(15)16/h3-5,8-9,18H,6-7,10-13H2,1-2H3. The Labute approximate surface area is 126 Å². The van der Waals surface area contributed by atoms with Gasteiger partial charge >= 0.3 is 0 Å². The first-order chi connectivity index (χ1) is 10.2. The topological polar surface area (TPSA) is 42.7 Å². The van der Waals surface area contributed by atoms with Gasteiger partial charge in [-0.05, 0) is 18.4 Å². The van der Waals surface area contributed by atoms with Crippen LogP contribution < -0.4 is 5.32 Å². The predicted octanol–water partition coefficient (Wildman–Crippen LogP) is 2.68. The molecule has 21 heavy (non-hydrogen) atoms. The average molecular weight is 284 g/mol. The normalized spacial score (nSPS) is 15.0. The lowest BCUT2D eigenvalue weighted by Gasteiger charge is -2.26. The van der Waals surface area contributed by atoms with Crippen molar-refractivity contribution in [2.45, 2.75) is 51.6 Å². The molecule has 1 aliphatic rings. The lowest BCUT2D eigenvalue weighted by Crippen LogP contribution is -2.33. The van der Waals surface area contributed by atoms with Crippen LogP contribution in [0.25, 0.3) is 0 Å². The molecule has 0 amide bonds. The van der Waals surface area contributed by atoms with Gasteiger partial charge in [-0.15, -0.1) is 10.2 Å². The van der Waals surface area contributed by atoms with Crippen molar-refractivity contribution in [1.29, 1.82) is 0 Å². The minimum atomic E-state index is 0.117. The van der Waals surface area contributed by atoms with Crippen molar-refractivity contribution in [2.75, 3.05) is 6.54 Å². The van der Waals surface area contributed by atoms with Gasteiger partial charge in [0.15, 0.2) is 0 Å². The van der Waals surface area contributed by atoms with Gasteiger partial charge in [0.1, 0.15) is 11.6 Å². The monoisotopic (exact) mass is 284 g/mol. The summed E-state index contributed by atoms with van der Waals surface area (Å²) in [7, 11) is 0. The highest BCUT2D eigenvalue weighted by atomic mass is 15.3. The molecule has 1 aromatic carbocycles. The van der Waals surface area contributed by atoms with Gasteiger partial charge in [-0.2, -0.15) is 0 Å². The summed E-state index contributed by atoms with van der Waals surface area (Å²) in [5.74, 6) is 2.23. The Bertz CT molecular complexity index is 586. The largest absolute Gasteiger partial charge is 0.314 e. The van der Waals surface area contributed by atoms with Crippen molar-refractivity contribution in [1.82, 2.24) is 20.1 Å². The van der Waals surface area contributed by atoms with E-state index in [-0.39, 0.29) is 5.41 Å². The summed E-state index contributed by atoms with van der Waals surface area (Å²) in [6, 6.07) is 10.7. The van der Waals surface area contributed by atoms with Crippen LogP contribution in [-0.4, -0.2) is 21.3 Å². The van der Waals surface area contributed by atoms with E-state index in [2.05, 4.69) is 64.3 Å². The Morgan fingerprint density at radius 3 is 2.76 bits per heavy atom. The second kappa shape index (κ2) is 5.98. The van der Waals surface area contributed by atoms with Gasteiger partial charge in [-0.3, -0.25) is 0 Å². The number of hydrogen-bond donors (Lipinski definition) is 1. The smallest absolute Gasteiger partial charge is 0.147 e. The third-order valence-corrected chi connectivity index (χ3v) is 4.34. The van der Waals surface area contributed by atoms with Gasteiger partial charge in [0.25, 0.3) is 0 Å². The van der Waals surface area contributed by atoms with Crippen molar-refractivity contribution < 1.29 is 0 Å². The summed E-state index contributed by atoms with van der Waals surface area (Å²) in [4.78, 5) is 0. The second-order valence-electron chi connectivity index (χ2n) is 6.49. The average Bonchev–Trinajstić information content (AvgIpc) is 2.92. The van der Waals surface area contributed by atoms with E-state index in [0.717, 1.165) is 37.7 Å². The van der Waals surface area contributed by atoms with E-state index in [1.165, 1.54) is 18.4 Å². The molecule has 4 heteroatoms. The molecule has 0 bridgehead atoms. The van der Waals surface area contributed by atoms with Crippen LogP contribution in [0.2, 0.25) is 0 Å². The van der Waals surface area contributed by atoms with E-state index >= 15 is 0 Å². The maximum atomic E-state index is 4.34. The molecule has 0 unspecified atom stereocenters. The number of hydrogen-bond acceptors (Lipinski definition) is 3. The van der Waals surface area contributed by atoms with E-state index in [4.69, 9.17) is 0 Å². The summed E-state index contributed by atoms with van der Waals surface area (Å²) in [5, 5.41) is 12.2. The molecule has 0 atom stereocenters. The minimum Gasteiger partial charge on any atom is -0.314 e. The number of nitrogens with one attached hydrogen (secondary N) is 1. The van der Waals surface area contributed by atoms with Gasteiger partial charge in [0.05, 0.1) is 6.54 Å². The molecule has 1 aromatic heterocycles. The Hall–Kier alpha value is -1.68. The zero-order valence-electron chi connectivity index (χ0n) is 13.0. The zero-order valence-corrected chi connectivity index (χ0v) is 13.0. The lowest BCUT2D eigenvalue weighted by molar-refractivity contribution is 0.449. The highest BCUT2D eigenvalue weighted by Gasteiger charge is 2.21. The Kier molecular flexibility index (Phi) is 4.06. The summed E-state index contributed by atoms with van der Waals surface area (Å²) < 4.78 is 2.28. The fraction of sp³-hybridized carbons (Fsp3) is 0.529. The molecular weight excluding hydrogens is 260 g/mol. The minimum absolute atomic E-state index is 0.117. The molecule has 2 aromatic rings. The Morgan fingerprint density at radius 2 is 1.95 bits per heavy atom. The van der Waals surface area contributed by atoms with Crippen LogP contribution in [0.15, 0.2) is 30.3 Å². The molecule has 0 aliphatic carbocycles. The number of nitrogens with zero attached hydrogens (tertiary/aromatic N) is 3. The molecule has 1 aliphatic heterocycles. The molecule has 2 heterocycles. The van der Waals surface area contributed by atoms with Gasteiger partial charge in [-0.25, -0.2) is 0 Å². The number of aromatic nitrogens is 3. The number of rotatable bonds is 5. The molecule has 1 N–H and O–H groups in total. The van der Waals surface area contributed by atoms with Crippen LogP contribution in [0, 0.1) is 0 Å². The predicted molar refractivity (Wildman–Crippen MR) is 84.1 cm³/mol. The van der Waals surface area contributed by atoms with Gasteiger partial charge < -0.3 is 9.88 Å². The van der Waals surface area contributed by atoms with Crippen LogP contribution in [0.4, 0.5) is 0 Å². The van der Waals surface area contributed by atoms with Crippen molar-refractivity contribution in [3.63, 3.8) is 0 Å². The summed E-state index contributed by atoms with van der Waals surface area (Å²) in [5.41, 5.74) is 1.48. The van der Waals surface area contributed by atoms with Crippen LogP contribution in [-0.2, 0) is 24.9 Å². The number of aryl methyl sites for hydroxylation is 1. The number of fused-ring (bicyclic) bond motifs is 1. The van der Waals surface area contributed by atoms with E-state index in [9.17, 15) is 0 Å². The fourth-order valence-electron chi connectivity index (χ4n) is 2.98. The molecule has 4 nitrogen and oxygen atoms in total. The van der Waals surface area contributed by atoms with Gasteiger partial charge in [-0.1, -0.05) is 44.2 Å². The highest BCUT2D eigenvalue weighted by Crippen LogP contribution is 2.22. The summed E-state index contributed by atoms with van der Waals surface area (Å²) >= 11 is 0. The molecule has 0 spiro atoms. The maximum absolute atomic E-state index is 4.34. The molecule has 3 rings (SSSR count). The molecule has 0 radical (unpaired) electrons. The van der Waals surface area contributed by atoms with Crippen LogP contribution in [0.1, 0.15) is 43.9 Å². The highest BCUT2D eigenvalue weighted by molar-refractivity contribution is 5.23. The quantitative estimate of drug-likeness (QED) is 0.918. The van der Waals surface area contributed by atoms with E-state index < -0.39 is 0 Å². The molecule has 0 saturated heterocycles. The van der Waals surface area contributed by atoms with E-state index in [1.54, 1.807) is 0 Å². The maximum Gasteiger partial charge on any atom is 0.147 e. The Morgan fingerprint density at radius 1 is 1.14 bits per heavy atom. The van der Waals surface area contributed by atoms with Gasteiger partial charge in [0.2, 0.25) is 0 Å². The zero-order chi connectivity index (χ0) is 14.7. The molecule has 0 fully saturated rings. The molecular formula is C17H24N4. The van der Waals surface area contributed by atoms with E-state index in [0.29, 0.717) is 0 Å². The summed E-state index contributed by atoms with van der Waals surface area (Å²) in [6.07, 6.45) is 3.56. The summed E-state index contributed by atoms with van der Waals surface area (Å²) in [6.45, 7) is 7.34. The van der Waals surface area contributed by atoms with Crippen molar-refractivity contribution >= 4 is 0 Å². The van der Waals surface area contributed by atoms with E-state index in [1.807, 2.05) is 0 Å². The first-order valence-electron chi connectivity index (χ1n) is 7.84. The first-order valence-corrected chi connectivity index (χ1v) is 7.84. The first kappa shape index (κ1) is 14.3. The SMILES string of the molecule is CC(C)(CNCc1nnc2n1CCCC2)c1ccccc1. The Balaban J connectivity index is 1.60. The molecule has 0 saturated carbocycles. The van der Waals surface area contributed by atoms with Crippen LogP contribution in [0.5, 0.6) is 0 Å². The van der Waals surface area contributed by atoms with Crippen LogP contribution in [0.3, 0.4) is 0 Å². The third-order valence-electron chi connectivity index (χ3n) is 4.34. The number of benzene rings is 1. The fourth-order valence-corrected chi connectivity index (χ4v) is 2.98.